The first-order valence-electron chi connectivity index (χ1n) is 5.71. The summed E-state index contributed by atoms with van der Waals surface area (Å²) < 4.78 is 0. The number of hydrogen-bond acceptors (Lipinski definition) is 2. The van der Waals surface area contributed by atoms with E-state index in [0.717, 1.165) is 31.5 Å². The van der Waals surface area contributed by atoms with Gasteiger partial charge in [-0.25, -0.2) is 0 Å². The van der Waals surface area contributed by atoms with Crippen LogP contribution in [0.15, 0.2) is 30.8 Å². The zero-order valence-electron chi connectivity index (χ0n) is 9.65. The van der Waals surface area contributed by atoms with Gasteiger partial charge in [-0.15, -0.1) is 0 Å². The Morgan fingerprint density at radius 2 is 1.82 bits per heavy atom. The third-order valence-electron chi connectivity index (χ3n) is 3.01. The highest BCUT2D eigenvalue weighted by atomic mass is 16.2. The highest BCUT2D eigenvalue weighted by Crippen LogP contribution is 2.19. The largest absolute Gasteiger partial charge is 0.339 e. The Labute approximate surface area is 101 Å². The lowest BCUT2D eigenvalue weighted by Crippen LogP contribution is -2.28. The van der Waals surface area contributed by atoms with E-state index in [-0.39, 0.29) is 5.91 Å². The molecule has 0 atom stereocenters. The molecule has 1 amide bonds. The molecule has 1 aromatic carbocycles. The molecule has 0 N–H and O–H groups in total. The van der Waals surface area contributed by atoms with E-state index < -0.39 is 0 Å². The minimum absolute atomic E-state index is 0.00667. The van der Waals surface area contributed by atoms with Crippen LogP contribution in [0.25, 0.3) is 5.57 Å². The van der Waals surface area contributed by atoms with E-state index in [2.05, 4.69) is 12.6 Å². The summed E-state index contributed by atoms with van der Waals surface area (Å²) in [5.74, 6) is 0.00667. The van der Waals surface area contributed by atoms with Crippen LogP contribution in [0.1, 0.15) is 24.0 Å². The second-order valence-electron chi connectivity index (χ2n) is 4.17. The van der Waals surface area contributed by atoms with E-state index in [1.165, 1.54) is 0 Å². The summed E-state index contributed by atoms with van der Waals surface area (Å²) in [6.45, 7) is 5.51. The number of likely N-dealkylation sites (tertiary alicyclic amines) is 1. The Morgan fingerprint density at radius 3 is 2.35 bits per heavy atom. The molecule has 86 valence electrons. The molecule has 3 nitrogen and oxygen atoms in total. The average molecular weight is 226 g/mol. The highest BCUT2D eigenvalue weighted by molar-refractivity contribution is 6.18. The van der Waals surface area contributed by atoms with Gasteiger partial charge in [-0.2, -0.15) is 5.26 Å². The molecule has 0 saturated carbocycles. The van der Waals surface area contributed by atoms with Crippen molar-refractivity contribution in [2.24, 2.45) is 0 Å². The summed E-state index contributed by atoms with van der Waals surface area (Å²) in [7, 11) is 0. The van der Waals surface area contributed by atoms with Crippen LogP contribution in [0, 0.1) is 11.3 Å². The molecule has 1 aliphatic heterocycles. The maximum Gasteiger partial charge on any atom is 0.253 e. The molecule has 1 aromatic rings. The summed E-state index contributed by atoms with van der Waals surface area (Å²) in [4.78, 5) is 13.9. The molecule has 0 aliphatic carbocycles. The van der Waals surface area contributed by atoms with Crippen LogP contribution in [0.4, 0.5) is 0 Å². The first kappa shape index (κ1) is 11.4. The third-order valence-corrected chi connectivity index (χ3v) is 3.01. The second kappa shape index (κ2) is 4.84. The van der Waals surface area contributed by atoms with E-state index in [4.69, 9.17) is 5.26 Å². The summed E-state index contributed by atoms with van der Waals surface area (Å²) in [6, 6.07) is 9.01. The summed E-state index contributed by atoms with van der Waals surface area (Å²) in [5, 5.41) is 8.70. The van der Waals surface area contributed by atoms with Gasteiger partial charge < -0.3 is 4.90 Å². The van der Waals surface area contributed by atoms with Gasteiger partial charge in [0.25, 0.3) is 5.91 Å². The van der Waals surface area contributed by atoms with Crippen molar-refractivity contribution in [3.8, 4) is 6.07 Å². The number of benzene rings is 1. The van der Waals surface area contributed by atoms with Gasteiger partial charge in [0, 0.05) is 18.7 Å². The number of carbonyl (C=O) groups excluding carboxylic acids is 1. The molecular formula is C14H14N2O. The van der Waals surface area contributed by atoms with Crippen LogP contribution in [-0.2, 0) is 4.79 Å². The number of nitrogens with zero attached hydrogens (tertiary/aromatic N) is 2. The fourth-order valence-corrected chi connectivity index (χ4v) is 1.98. The van der Waals surface area contributed by atoms with Gasteiger partial charge in [-0.3, -0.25) is 4.79 Å². The van der Waals surface area contributed by atoms with Crippen LogP contribution in [-0.4, -0.2) is 23.9 Å². The van der Waals surface area contributed by atoms with Crippen molar-refractivity contribution in [1.82, 2.24) is 4.90 Å². The first-order valence-corrected chi connectivity index (χ1v) is 5.71. The average Bonchev–Trinajstić information content (AvgIpc) is 2.91. The zero-order valence-corrected chi connectivity index (χ0v) is 9.65. The molecule has 3 heteroatoms. The summed E-state index contributed by atoms with van der Waals surface area (Å²) >= 11 is 0. The quantitative estimate of drug-likeness (QED) is 0.725. The lowest BCUT2D eigenvalue weighted by molar-refractivity contribution is -0.123. The predicted octanol–water partition coefficient (Wildman–Crippen LogP) is 2.19. The summed E-state index contributed by atoms with van der Waals surface area (Å²) in [5.41, 5.74) is 1.90. The van der Waals surface area contributed by atoms with Gasteiger partial charge in [0.05, 0.1) is 11.6 Å². The van der Waals surface area contributed by atoms with Crippen LogP contribution in [0.5, 0.6) is 0 Å². The molecule has 1 aliphatic rings. The van der Waals surface area contributed by atoms with Gasteiger partial charge in [-0.05, 0) is 30.5 Å². The Morgan fingerprint density at radius 1 is 1.24 bits per heavy atom. The van der Waals surface area contributed by atoms with Crippen molar-refractivity contribution in [3.05, 3.63) is 42.0 Å². The highest BCUT2D eigenvalue weighted by Gasteiger charge is 2.20. The Bertz CT molecular complexity index is 476. The second-order valence-corrected chi connectivity index (χ2v) is 4.17. The van der Waals surface area contributed by atoms with Crippen LogP contribution in [0.3, 0.4) is 0 Å². The molecule has 1 fully saturated rings. The third kappa shape index (κ3) is 2.36. The predicted molar refractivity (Wildman–Crippen MR) is 66.0 cm³/mol. The Hall–Kier alpha value is -2.08. The minimum Gasteiger partial charge on any atom is -0.339 e. The minimum atomic E-state index is 0.00667. The van der Waals surface area contributed by atoms with Crippen molar-refractivity contribution in [2.75, 3.05) is 13.1 Å². The van der Waals surface area contributed by atoms with E-state index in [1.54, 1.807) is 24.3 Å². The zero-order chi connectivity index (χ0) is 12.3. The maximum absolute atomic E-state index is 12.1. The molecule has 0 radical (unpaired) electrons. The van der Waals surface area contributed by atoms with Crippen LogP contribution >= 0.6 is 0 Å². The molecule has 0 aromatic heterocycles. The first-order chi connectivity index (χ1) is 8.22. The number of nitriles is 1. The van der Waals surface area contributed by atoms with Crippen LogP contribution in [0.2, 0.25) is 0 Å². The lowest BCUT2D eigenvalue weighted by atomic mass is 10.0. The SMILES string of the molecule is C=C(C(=O)N1CCCC1)c1ccc(C#N)cc1. The van der Waals surface area contributed by atoms with E-state index in [9.17, 15) is 4.79 Å². The van der Waals surface area contributed by atoms with Crippen molar-refractivity contribution in [1.29, 1.82) is 5.26 Å². The number of carbonyl (C=O) groups is 1. The van der Waals surface area contributed by atoms with E-state index in [0.29, 0.717) is 11.1 Å². The topological polar surface area (TPSA) is 44.1 Å². The van der Waals surface area contributed by atoms with Gasteiger partial charge in [0.15, 0.2) is 0 Å². The molecule has 1 heterocycles. The molecule has 0 spiro atoms. The van der Waals surface area contributed by atoms with Gasteiger partial charge in [-0.1, -0.05) is 18.7 Å². The van der Waals surface area contributed by atoms with Gasteiger partial charge in [0.2, 0.25) is 0 Å². The number of rotatable bonds is 2. The summed E-state index contributed by atoms with van der Waals surface area (Å²) in [6.07, 6.45) is 2.15. The molecule has 1 saturated heterocycles. The molecule has 0 unspecified atom stereocenters. The van der Waals surface area contributed by atoms with Crippen molar-refractivity contribution >= 4 is 11.5 Å². The van der Waals surface area contributed by atoms with Crippen molar-refractivity contribution < 1.29 is 4.79 Å². The smallest absolute Gasteiger partial charge is 0.253 e. The van der Waals surface area contributed by atoms with E-state index in [1.807, 2.05) is 4.90 Å². The van der Waals surface area contributed by atoms with Crippen molar-refractivity contribution in [2.45, 2.75) is 12.8 Å². The van der Waals surface area contributed by atoms with Gasteiger partial charge >= 0.3 is 0 Å². The fraction of sp³-hybridized carbons (Fsp3) is 0.286. The number of amides is 1. The Kier molecular flexibility index (Phi) is 3.24. The number of hydrogen-bond donors (Lipinski definition) is 0. The molecule has 17 heavy (non-hydrogen) atoms. The van der Waals surface area contributed by atoms with Crippen LogP contribution < -0.4 is 0 Å². The van der Waals surface area contributed by atoms with E-state index >= 15 is 0 Å². The Balaban J connectivity index is 2.13. The lowest BCUT2D eigenvalue weighted by Gasteiger charge is -2.16. The maximum atomic E-state index is 12.1. The van der Waals surface area contributed by atoms with Gasteiger partial charge in [0.1, 0.15) is 0 Å². The molecular weight excluding hydrogens is 212 g/mol. The molecule has 0 bridgehead atoms. The molecule has 2 rings (SSSR count). The monoisotopic (exact) mass is 226 g/mol. The van der Waals surface area contributed by atoms with Crippen molar-refractivity contribution in [3.63, 3.8) is 0 Å². The standard InChI is InChI=1S/C14H14N2O/c1-11(14(17)16-8-2-3-9-16)13-6-4-12(10-15)5-7-13/h4-7H,1-3,8-9H2. The fourth-order valence-electron chi connectivity index (χ4n) is 1.98. The normalized spacial score (nSPS) is 14.4.